The Kier molecular flexibility index (Phi) is 4.67. The van der Waals surface area contributed by atoms with Crippen LogP contribution in [0.3, 0.4) is 0 Å². The van der Waals surface area contributed by atoms with Crippen molar-refractivity contribution < 1.29 is 20.1 Å². The molecule has 1 heterocycles. The lowest BCUT2D eigenvalue weighted by Crippen LogP contribution is -2.13. The van der Waals surface area contributed by atoms with E-state index in [-0.39, 0.29) is 19.8 Å². The third-order valence-electron chi connectivity index (χ3n) is 3.06. The maximum atomic E-state index is 10.2. The van der Waals surface area contributed by atoms with E-state index in [4.69, 9.17) is 9.84 Å². The standard InChI is InChI=1S/C13H17N3O4/c1-20-10-4-2-9(3-5-10)13(19)6-16-12(8-18)11(7-17)14-15-16/h2-5,13,17-19H,6-8H2,1H3/t13-/m1/s1. The molecule has 1 aromatic heterocycles. The van der Waals surface area contributed by atoms with Crippen LogP contribution >= 0.6 is 0 Å². The molecule has 108 valence electrons. The number of hydrogen-bond acceptors (Lipinski definition) is 6. The summed E-state index contributed by atoms with van der Waals surface area (Å²) >= 11 is 0. The summed E-state index contributed by atoms with van der Waals surface area (Å²) in [7, 11) is 1.57. The van der Waals surface area contributed by atoms with E-state index in [1.165, 1.54) is 4.68 Å². The minimum absolute atomic E-state index is 0.148. The SMILES string of the molecule is COc1ccc([C@H](O)Cn2nnc(CO)c2CO)cc1. The van der Waals surface area contributed by atoms with Crippen LogP contribution in [0.4, 0.5) is 0 Å². The summed E-state index contributed by atoms with van der Waals surface area (Å²) in [6.07, 6.45) is -0.792. The zero-order chi connectivity index (χ0) is 14.5. The largest absolute Gasteiger partial charge is 0.497 e. The highest BCUT2D eigenvalue weighted by molar-refractivity contribution is 5.28. The Labute approximate surface area is 116 Å². The number of aliphatic hydroxyl groups is 3. The van der Waals surface area contributed by atoms with Gasteiger partial charge in [0, 0.05) is 0 Å². The van der Waals surface area contributed by atoms with Crippen molar-refractivity contribution in [1.29, 1.82) is 0 Å². The molecule has 7 nitrogen and oxygen atoms in total. The van der Waals surface area contributed by atoms with Gasteiger partial charge in [-0.2, -0.15) is 0 Å². The molecule has 0 unspecified atom stereocenters. The van der Waals surface area contributed by atoms with Gasteiger partial charge in [-0.05, 0) is 17.7 Å². The summed E-state index contributed by atoms with van der Waals surface area (Å²) in [5.41, 5.74) is 1.42. The van der Waals surface area contributed by atoms with Crippen molar-refractivity contribution in [2.75, 3.05) is 7.11 Å². The average molecular weight is 279 g/mol. The summed E-state index contributed by atoms with van der Waals surface area (Å²) in [5.74, 6) is 0.709. The molecule has 0 spiro atoms. The van der Waals surface area contributed by atoms with E-state index in [1.807, 2.05) is 0 Å². The Balaban J connectivity index is 2.14. The van der Waals surface area contributed by atoms with Gasteiger partial charge in [0.25, 0.3) is 0 Å². The molecule has 1 aromatic carbocycles. The van der Waals surface area contributed by atoms with Gasteiger partial charge < -0.3 is 20.1 Å². The van der Waals surface area contributed by atoms with Crippen molar-refractivity contribution in [2.24, 2.45) is 0 Å². The molecular formula is C13H17N3O4. The molecule has 0 aliphatic carbocycles. The first kappa shape index (κ1) is 14.4. The van der Waals surface area contributed by atoms with Crippen LogP contribution in [0.5, 0.6) is 5.75 Å². The molecule has 0 saturated heterocycles. The number of nitrogens with zero attached hydrogens (tertiary/aromatic N) is 3. The second-order valence-electron chi connectivity index (χ2n) is 4.27. The Hall–Kier alpha value is -1.96. The fraction of sp³-hybridized carbons (Fsp3) is 0.385. The second-order valence-corrected chi connectivity index (χ2v) is 4.27. The molecule has 3 N–H and O–H groups in total. The molecule has 1 atom stereocenters. The minimum atomic E-state index is -0.792. The lowest BCUT2D eigenvalue weighted by atomic mass is 10.1. The van der Waals surface area contributed by atoms with Crippen molar-refractivity contribution in [3.63, 3.8) is 0 Å². The summed E-state index contributed by atoms with van der Waals surface area (Å²) in [4.78, 5) is 0. The zero-order valence-electron chi connectivity index (χ0n) is 11.1. The van der Waals surface area contributed by atoms with Gasteiger partial charge in [-0.15, -0.1) is 5.10 Å². The van der Waals surface area contributed by atoms with Crippen LogP contribution in [0, 0.1) is 0 Å². The number of benzene rings is 1. The molecular weight excluding hydrogens is 262 g/mol. The van der Waals surface area contributed by atoms with E-state index < -0.39 is 6.10 Å². The summed E-state index contributed by atoms with van der Waals surface area (Å²) in [6.45, 7) is -0.442. The van der Waals surface area contributed by atoms with Gasteiger partial charge in [-0.1, -0.05) is 17.3 Å². The van der Waals surface area contributed by atoms with Gasteiger partial charge in [-0.25, -0.2) is 4.68 Å². The van der Waals surface area contributed by atoms with Crippen LogP contribution in [-0.4, -0.2) is 37.4 Å². The number of hydrogen-bond donors (Lipinski definition) is 3. The van der Waals surface area contributed by atoms with Crippen molar-refractivity contribution in [3.05, 3.63) is 41.2 Å². The summed E-state index contributed by atoms with van der Waals surface area (Å²) in [6, 6.07) is 7.02. The predicted molar refractivity (Wildman–Crippen MR) is 69.8 cm³/mol. The monoisotopic (exact) mass is 279 g/mol. The number of methoxy groups -OCH3 is 1. The predicted octanol–water partition coefficient (Wildman–Crippen LogP) is 0.00490. The maximum absolute atomic E-state index is 10.2. The third kappa shape index (κ3) is 2.96. The Morgan fingerprint density at radius 2 is 1.90 bits per heavy atom. The molecule has 0 saturated carbocycles. The number of aromatic nitrogens is 3. The van der Waals surface area contributed by atoms with Crippen LogP contribution in [0.1, 0.15) is 23.1 Å². The molecule has 20 heavy (non-hydrogen) atoms. The average Bonchev–Trinajstić information content (AvgIpc) is 2.89. The summed E-state index contributed by atoms with van der Waals surface area (Å²) in [5, 5.41) is 36.1. The van der Waals surface area contributed by atoms with E-state index >= 15 is 0 Å². The Morgan fingerprint density at radius 1 is 1.20 bits per heavy atom. The van der Waals surface area contributed by atoms with Crippen molar-refractivity contribution in [2.45, 2.75) is 25.9 Å². The van der Waals surface area contributed by atoms with Crippen LogP contribution < -0.4 is 4.74 Å². The molecule has 2 rings (SSSR count). The molecule has 0 aliphatic rings. The lowest BCUT2D eigenvalue weighted by Gasteiger charge is -2.13. The highest BCUT2D eigenvalue weighted by Gasteiger charge is 2.15. The fourth-order valence-corrected chi connectivity index (χ4v) is 1.91. The molecule has 2 aromatic rings. The molecule has 7 heteroatoms. The number of ether oxygens (including phenoxy) is 1. The minimum Gasteiger partial charge on any atom is -0.497 e. The highest BCUT2D eigenvalue weighted by Crippen LogP contribution is 2.19. The van der Waals surface area contributed by atoms with E-state index in [0.717, 1.165) is 0 Å². The third-order valence-corrected chi connectivity index (χ3v) is 3.06. The van der Waals surface area contributed by atoms with E-state index in [1.54, 1.807) is 31.4 Å². The van der Waals surface area contributed by atoms with Gasteiger partial charge in [-0.3, -0.25) is 0 Å². The topological polar surface area (TPSA) is 101 Å². The molecule has 0 radical (unpaired) electrons. The molecule has 0 fully saturated rings. The maximum Gasteiger partial charge on any atom is 0.118 e. The van der Waals surface area contributed by atoms with Crippen molar-refractivity contribution in [3.8, 4) is 5.75 Å². The van der Waals surface area contributed by atoms with E-state index in [2.05, 4.69) is 10.3 Å². The van der Waals surface area contributed by atoms with Crippen LogP contribution in [0.2, 0.25) is 0 Å². The number of rotatable bonds is 6. The quantitative estimate of drug-likeness (QED) is 0.688. The highest BCUT2D eigenvalue weighted by atomic mass is 16.5. The van der Waals surface area contributed by atoms with Gasteiger partial charge in [0.15, 0.2) is 0 Å². The zero-order valence-corrected chi connectivity index (χ0v) is 11.1. The Bertz CT molecular complexity index is 553. The van der Waals surface area contributed by atoms with E-state index in [9.17, 15) is 10.2 Å². The first-order chi connectivity index (χ1) is 9.69. The van der Waals surface area contributed by atoms with Crippen molar-refractivity contribution in [1.82, 2.24) is 15.0 Å². The van der Waals surface area contributed by atoms with Crippen LogP contribution in [-0.2, 0) is 19.8 Å². The van der Waals surface area contributed by atoms with Crippen molar-refractivity contribution >= 4 is 0 Å². The lowest BCUT2D eigenvalue weighted by molar-refractivity contribution is 0.145. The second kappa shape index (κ2) is 6.47. The van der Waals surface area contributed by atoms with Crippen LogP contribution in [0.25, 0.3) is 0 Å². The smallest absolute Gasteiger partial charge is 0.118 e. The number of aliphatic hydroxyl groups excluding tert-OH is 3. The van der Waals surface area contributed by atoms with Gasteiger partial charge >= 0.3 is 0 Å². The fourth-order valence-electron chi connectivity index (χ4n) is 1.91. The molecule has 0 bridgehead atoms. The van der Waals surface area contributed by atoms with Gasteiger partial charge in [0.05, 0.1) is 38.7 Å². The first-order valence-corrected chi connectivity index (χ1v) is 6.14. The summed E-state index contributed by atoms with van der Waals surface area (Å²) < 4.78 is 6.44. The van der Waals surface area contributed by atoms with E-state index in [0.29, 0.717) is 22.7 Å². The van der Waals surface area contributed by atoms with Crippen LogP contribution in [0.15, 0.2) is 24.3 Å². The van der Waals surface area contributed by atoms with Gasteiger partial charge in [0.2, 0.25) is 0 Å². The molecule has 0 aliphatic heterocycles. The van der Waals surface area contributed by atoms with Gasteiger partial charge in [0.1, 0.15) is 11.4 Å². The molecule has 0 amide bonds. The Morgan fingerprint density at radius 3 is 2.45 bits per heavy atom. The first-order valence-electron chi connectivity index (χ1n) is 6.14. The normalized spacial score (nSPS) is 12.4.